The van der Waals surface area contributed by atoms with Gasteiger partial charge in [-0.25, -0.2) is 4.79 Å². The summed E-state index contributed by atoms with van der Waals surface area (Å²) in [5, 5.41) is 14.6. The van der Waals surface area contributed by atoms with Crippen molar-refractivity contribution in [3.8, 4) is 21.1 Å². The van der Waals surface area contributed by atoms with Crippen LogP contribution in [0.15, 0.2) is 120 Å². The van der Waals surface area contributed by atoms with Crippen molar-refractivity contribution >= 4 is 51.3 Å². The summed E-state index contributed by atoms with van der Waals surface area (Å²) < 4.78 is 7.39. The summed E-state index contributed by atoms with van der Waals surface area (Å²) in [5.74, 6) is -0.0117. The molecule has 44 heavy (non-hydrogen) atoms. The van der Waals surface area contributed by atoms with Crippen molar-refractivity contribution < 1.29 is 14.3 Å². The molecule has 0 aliphatic carbocycles. The topological polar surface area (TPSA) is 86.1 Å². The Kier molecular flexibility index (Phi) is 9.31. The van der Waals surface area contributed by atoms with E-state index in [-0.39, 0.29) is 12.5 Å². The van der Waals surface area contributed by atoms with E-state index in [0.717, 1.165) is 32.3 Å². The molecule has 220 valence electrons. The molecule has 3 heterocycles. The van der Waals surface area contributed by atoms with Crippen LogP contribution >= 0.6 is 34.4 Å². The number of carbonyl (C=O) groups excluding carboxylic acids is 2. The first-order valence-electron chi connectivity index (χ1n) is 14.0. The van der Waals surface area contributed by atoms with Gasteiger partial charge in [0.1, 0.15) is 10.3 Å². The Balaban J connectivity index is 1.36. The lowest BCUT2D eigenvalue weighted by Gasteiger charge is -2.17. The minimum Gasteiger partial charge on any atom is -0.462 e. The summed E-state index contributed by atoms with van der Waals surface area (Å²) >= 11 is 4.27. The van der Waals surface area contributed by atoms with E-state index in [0.29, 0.717) is 22.3 Å². The van der Waals surface area contributed by atoms with Crippen LogP contribution in [0.2, 0.25) is 0 Å². The molecule has 3 aromatic heterocycles. The van der Waals surface area contributed by atoms with Crippen LogP contribution < -0.4 is 5.32 Å². The molecular formula is C34H28N4O3S3. The number of nitrogens with one attached hydrogen (secondary N) is 1. The highest BCUT2D eigenvalue weighted by Crippen LogP contribution is 2.40. The number of thiophene rings is 2. The summed E-state index contributed by atoms with van der Waals surface area (Å²) in [6.45, 7) is 2.54. The molecule has 0 bridgehead atoms. The Morgan fingerprint density at radius 1 is 0.886 bits per heavy atom. The molecule has 1 atom stereocenters. The molecule has 1 amide bonds. The van der Waals surface area contributed by atoms with E-state index in [1.54, 1.807) is 24.3 Å². The van der Waals surface area contributed by atoms with Crippen molar-refractivity contribution in [2.75, 3.05) is 11.9 Å². The van der Waals surface area contributed by atoms with Crippen LogP contribution in [0, 0.1) is 0 Å². The van der Waals surface area contributed by atoms with E-state index < -0.39 is 11.2 Å². The van der Waals surface area contributed by atoms with E-state index in [9.17, 15) is 9.59 Å². The minimum atomic E-state index is -0.677. The number of rotatable bonds is 11. The molecule has 6 rings (SSSR count). The third-order valence-electron chi connectivity index (χ3n) is 6.73. The molecule has 1 unspecified atom stereocenters. The number of esters is 1. The number of hydrogen-bond donors (Lipinski definition) is 1. The lowest BCUT2D eigenvalue weighted by molar-refractivity contribution is -0.115. The fourth-order valence-electron chi connectivity index (χ4n) is 4.65. The highest BCUT2D eigenvalue weighted by atomic mass is 32.2. The zero-order valence-electron chi connectivity index (χ0n) is 23.8. The SMILES string of the molecule is CCOC(=O)c1cc(-c2ccccc2)sc1NC(=O)C(Sc1nnc(-c2cccs2)n1Cc1ccccc1)c1ccccc1. The molecule has 6 aromatic rings. The second-order valence-corrected chi connectivity index (χ2v) is 12.8. The summed E-state index contributed by atoms with van der Waals surface area (Å²) in [5.41, 5.74) is 3.18. The highest BCUT2D eigenvalue weighted by molar-refractivity contribution is 8.00. The zero-order valence-corrected chi connectivity index (χ0v) is 26.2. The molecule has 10 heteroatoms. The predicted octanol–water partition coefficient (Wildman–Crippen LogP) is 8.43. The molecule has 0 spiro atoms. The quantitative estimate of drug-likeness (QED) is 0.114. The molecular weight excluding hydrogens is 609 g/mol. The summed E-state index contributed by atoms with van der Waals surface area (Å²) in [6.07, 6.45) is 0. The first kappa shape index (κ1) is 29.6. The van der Waals surface area contributed by atoms with Gasteiger partial charge < -0.3 is 10.1 Å². The van der Waals surface area contributed by atoms with E-state index in [1.165, 1.54) is 23.1 Å². The molecule has 0 aliphatic rings. The van der Waals surface area contributed by atoms with Gasteiger partial charge in [-0.2, -0.15) is 0 Å². The number of thioether (sulfide) groups is 1. The molecule has 0 saturated heterocycles. The second-order valence-electron chi connectivity index (χ2n) is 9.69. The van der Waals surface area contributed by atoms with Crippen molar-refractivity contribution in [3.63, 3.8) is 0 Å². The van der Waals surface area contributed by atoms with E-state index in [1.807, 2.05) is 96.4 Å². The number of anilines is 1. The van der Waals surface area contributed by atoms with Crippen LogP contribution in [-0.4, -0.2) is 33.2 Å². The van der Waals surface area contributed by atoms with Gasteiger partial charge >= 0.3 is 5.97 Å². The molecule has 0 radical (unpaired) electrons. The molecule has 0 aliphatic heterocycles. The van der Waals surface area contributed by atoms with Gasteiger partial charge in [0.2, 0.25) is 5.91 Å². The minimum absolute atomic E-state index is 0.231. The Morgan fingerprint density at radius 2 is 1.59 bits per heavy atom. The van der Waals surface area contributed by atoms with Gasteiger partial charge in [0.25, 0.3) is 0 Å². The van der Waals surface area contributed by atoms with Gasteiger partial charge in [-0.3, -0.25) is 9.36 Å². The Bertz CT molecular complexity index is 1840. The summed E-state index contributed by atoms with van der Waals surface area (Å²) in [4.78, 5) is 29.0. The Morgan fingerprint density at radius 3 is 2.27 bits per heavy atom. The van der Waals surface area contributed by atoms with Crippen LogP contribution in [0.25, 0.3) is 21.1 Å². The molecule has 0 fully saturated rings. The number of amides is 1. The fourth-order valence-corrected chi connectivity index (χ4v) is 7.45. The number of benzene rings is 3. The number of ether oxygens (including phenoxy) is 1. The zero-order chi connectivity index (χ0) is 30.3. The second kappa shape index (κ2) is 13.9. The van der Waals surface area contributed by atoms with Crippen LogP contribution in [-0.2, 0) is 16.1 Å². The first-order chi connectivity index (χ1) is 21.6. The predicted molar refractivity (Wildman–Crippen MR) is 178 cm³/mol. The van der Waals surface area contributed by atoms with Crippen LogP contribution in [0.1, 0.15) is 33.7 Å². The first-order valence-corrected chi connectivity index (χ1v) is 16.6. The highest BCUT2D eigenvalue weighted by Gasteiger charge is 2.29. The summed E-state index contributed by atoms with van der Waals surface area (Å²) in [7, 11) is 0. The number of aromatic nitrogens is 3. The standard InChI is InChI=1S/C34H28N4O3S3/c1-2-41-33(40)26-21-28(24-15-8-4-9-16-24)43-32(26)35-31(39)29(25-17-10-5-11-18-25)44-34-37-36-30(27-19-12-20-42-27)38(34)22-23-13-6-3-7-14-23/h3-21,29H,2,22H2,1H3,(H,35,39). The molecule has 1 N–H and O–H groups in total. The Labute approximate surface area is 267 Å². The molecule has 3 aromatic carbocycles. The van der Waals surface area contributed by atoms with Gasteiger partial charge in [-0.15, -0.1) is 32.9 Å². The Hall–Kier alpha value is -4.51. The number of carbonyl (C=O) groups is 2. The fraction of sp³-hybridized carbons (Fsp3) is 0.118. The third kappa shape index (κ3) is 6.67. The number of hydrogen-bond acceptors (Lipinski definition) is 8. The normalized spacial score (nSPS) is 11.7. The van der Waals surface area contributed by atoms with Crippen LogP contribution in [0.4, 0.5) is 5.00 Å². The van der Waals surface area contributed by atoms with Crippen molar-refractivity contribution in [2.45, 2.75) is 23.9 Å². The van der Waals surface area contributed by atoms with E-state index >= 15 is 0 Å². The van der Waals surface area contributed by atoms with Crippen LogP contribution in [0.5, 0.6) is 0 Å². The van der Waals surface area contributed by atoms with Gasteiger partial charge in [0, 0.05) is 4.88 Å². The lowest BCUT2D eigenvalue weighted by Crippen LogP contribution is -2.20. The maximum absolute atomic E-state index is 14.2. The van der Waals surface area contributed by atoms with Gasteiger partial charge in [0.05, 0.1) is 23.6 Å². The monoisotopic (exact) mass is 636 g/mol. The molecule has 0 saturated carbocycles. The van der Waals surface area contributed by atoms with Gasteiger partial charge in [-0.1, -0.05) is 109 Å². The van der Waals surface area contributed by atoms with Crippen molar-refractivity contribution in [1.82, 2.24) is 14.8 Å². The average molecular weight is 637 g/mol. The maximum atomic E-state index is 14.2. The largest absolute Gasteiger partial charge is 0.462 e. The van der Waals surface area contributed by atoms with Crippen molar-refractivity contribution in [3.05, 3.63) is 131 Å². The number of nitrogens with zero attached hydrogens (tertiary/aromatic N) is 3. The van der Waals surface area contributed by atoms with Gasteiger partial charge in [-0.05, 0) is 41.1 Å². The smallest absolute Gasteiger partial charge is 0.341 e. The van der Waals surface area contributed by atoms with E-state index in [2.05, 4.69) is 32.2 Å². The third-order valence-corrected chi connectivity index (χ3v) is 9.93. The van der Waals surface area contributed by atoms with Gasteiger partial charge in [0.15, 0.2) is 11.0 Å². The van der Waals surface area contributed by atoms with Crippen molar-refractivity contribution in [2.24, 2.45) is 0 Å². The van der Waals surface area contributed by atoms with E-state index in [4.69, 9.17) is 4.74 Å². The maximum Gasteiger partial charge on any atom is 0.341 e. The average Bonchev–Trinajstić information content (AvgIpc) is 3.82. The lowest BCUT2D eigenvalue weighted by atomic mass is 10.1. The molecule has 7 nitrogen and oxygen atoms in total. The van der Waals surface area contributed by atoms with Crippen LogP contribution in [0.3, 0.4) is 0 Å². The summed E-state index contributed by atoms with van der Waals surface area (Å²) in [6, 6.07) is 35.2. The van der Waals surface area contributed by atoms with Crippen molar-refractivity contribution in [1.29, 1.82) is 0 Å².